The number of hydrogen-bond donors (Lipinski definition) is 3. The van der Waals surface area contributed by atoms with Gasteiger partial charge in [0.1, 0.15) is 5.56 Å². The molecule has 0 amide bonds. The van der Waals surface area contributed by atoms with E-state index in [0.717, 1.165) is 17.7 Å². The van der Waals surface area contributed by atoms with Gasteiger partial charge < -0.3 is 15.3 Å². The molecule has 1 aromatic heterocycles. The highest BCUT2D eigenvalue weighted by atomic mass is 19.4. The number of rotatable bonds is 4. The van der Waals surface area contributed by atoms with Crippen molar-refractivity contribution in [3.8, 4) is 5.75 Å². The maximum absolute atomic E-state index is 13.6. The number of nitrogens with zero attached hydrogens (tertiary/aromatic N) is 1. The van der Waals surface area contributed by atoms with Crippen molar-refractivity contribution < 1.29 is 46.5 Å². The molecule has 0 unspecified atom stereocenters. The summed E-state index contributed by atoms with van der Waals surface area (Å²) in [6, 6.07) is 8.85. The third-order valence-electron chi connectivity index (χ3n) is 6.22. The van der Waals surface area contributed by atoms with Crippen LogP contribution in [0, 0.1) is 6.92 Å². The normalized spacial score (nSPS) is 16.0. The van der Waals surface area contributed by atoms with Gasteiger partial charge in [-0.1, -0.05) is 48.0 Å². The quantitative estimate of drug-likeness (QED) is 0.434. The number of alkyl halides is 6. The minimum absolute atomic E-state index is 0.326. The summed E-state index contributed by atoms with van der Waals surface area (Å²) in [5.41, 5.74) is -8.92. The molecule has 0 aliphatic heterocycles. The predicted molar refractivity (Wildman–Crippen MR) is 108 cm³/mol. The van der Waals surface area contributed by atoms with Gasteiger partial charge in [-0.3, -0.25) is 0 Å². The summed E-state index contributed by atoms with van der Waals surface area (Å²) < 4.78 is 81.8. The fourth-order valence-corrected chi connectivity index (χ4v) is 4.24. The van der Waals surface area contributed by atoms with Crippen molar-refractivity contribution in [1.29, 1.82) is 0 Å². The zero-order chi connectivity index (χ0) is 25.3. The summed E-state index contributed by atoms with van der Waals surface area (Å²) in [4.78, 5) is 15.9. The summed E-state index contributed by atoms with van der Waals surface area (Å²) >= 11 is 0. The van der Waals surface area contributed by atoms with Gasteiger partial charge in [-0.25, -0.2) is 9.78 Å². The molecule has 1 heterocycles. The number of para-hydroxylation sites is 1. The van der Waals surface area contributed by atoms with Crippen LogP contribution in [0.4, 0.5) is 26.3 Å². The lowest BCUT2D eigenvalue weighted by molar-refractivity contribution is -0.375. The third kappa shape index (κ3) is 3.29. The van der Waals surface area contributed by atoms with E-state index in [-0.39, 0.29) is 5.69 Å². The maximum Gasteiger partial charge on any atom is 0.430 e. The van der Waals surface area contributed by atoms with Crippen LogP contribution in [0.5, 0.6) is 5.75 Å². The van der Waals surface area contributed by atoms with Gasteiger partial charge in [0.15, 0.2) is 5.75 Å². The number of fused-ring (bicyclic) bond motifs is 1. The van der Waals surface area contributed by atoms with Crippen LogP contribution in [0.15, 0.2) is 42.5 Å². The number of halogens is 6. The van der Waals surface area contributed by atoms with Crippen LogP contribution in [0.2, 0.25) is 0 Å². The largest absolute Gasteiger partial charge is 0.505 e. The minimum Gasteiger partial charge on any atom is -0.505 e. The van der Waals surface area contributed by atoms with Crippen molar-refractivity contribution in [1.82, 2.24) is 4.98 Å². The fraction of sp³-hybridized carbons (Fsp3) is 0.304. The number of carboxylic acid groups (broad SMARTS) is 1. The molecule has 1 aliphatic rings. The molecule has 3 aromatic rings. The summed E-state index contributed by atoms with van der Waals surface area (Å²) in [5.74, 6) is -2.62. The van der Waals surface area contributed by atoms with E-state index in [2.05, 4.69) is 4.98 Å². The first-order valence-electron chi connectivity index (χ1n) is 9.98. The molecule has 34 heavy (non-hydrogen) atoms. The van der Waals surface area contributed by atoms with Gasteiger partial charge in [0.2, 0.25) is 0 Å². The molecule has 5 nitrogen and oxygen atoms in total. The second-order valence-corrected chi connectivity index (χ2v) is 8.34. The summed E-state index contributed by atoms with van der Waals surface area (Å²) in [7, 11) is 0. The molecule has 1 fully saturated rings. The molecular weight excluding hydrogens is 468 g/mol. The van der Waals surface area contributed by atoms with Crippen LogP contribution < -0.4 is 0 Å². The molecule has 11 heteroatoms. The lowest BCUT2D eigenvalue weighted by Crippen LogP contribution is -2.54. The number of hydrogen-bond acceptors (Lipinski definition) is 4. The number of benzene rings is 2. The molecule has 0 saturated heterocycles. The molecule has 0 radical (unpaired) electrons. The second-order valence-electron chi connectivity index (χ2n) is 8.34. The molecule has 1 saturated carbocycles. The topological polar surface area (TPSA) is 90.7 Å². The van der Waals surface area contributed by atoms with E-state index in [1.807, 2.05) is 0 Å². The number of carbonyl (C=O) groups is 1. The standard InChI is InChI=1S/C23H17F6NO4/c1-11-5-7-12(8-6-11)20(9-10-20)18-17(31)15(19(32)33)13-3-2-4-14(16(13)30-18)21(34,22(24,25)26)23(27,28)29/h2-8,31,34H,9-10H2,1H3,(H,32,33). The van der Waals surface area contributed by atoms with Gasteiger partial charge in [0.05, 0.1) is 11.2 Å². The Hall–Kier alpha value is -3.34. The molecule has 0 bridgehead atoms. The Morgan fingerprint density at radius 2 is 1.53 bits per heavy atom. The molecule has 3 N–H and O–H groups in total. The smallest absolute Gasteiger partial charge is 0.430 e. The lowest BCUT2D eigenvalue weighted by atomic mass is 9.86. The van der Waals surface area contributed by atoms with Crippen LogP contribution >= 0.6 is 0 Å². The number of aromatic hydroxyl groups is 1. The van der Waals surface area contributed by atoms with Crippen molar-refractivity contribution in [3.05, 3.63) is 70.4 Å². The predicted octanol–water partition coefficient (Wildman–Crippen LogP) is 5.34. The molecular formula is C23H17F6NO4. The molecule has 2 aromatic carbocycles. The average Bonchev–Trinajstić information content (AvgIpc) is 3.52. The maximum atomic E-state index is 13.6. The zero-order valence-electron chi connectivity index (χ0n) is 17.4. The molecule has 4 rings (SSSR count). The van der Waals surface area contributed by atoms with Gasteiger partial charge in [-0.2, -0.15) is 26.3 Å². The second kappa shape index (κ2) is 7.33. The van der Waals surface area contributed by atoms with Crippen molar-refractivity contribution in [3.63, 3.8) is 0 Å². The first-order valence-corrected chi connectivity index (χ1v) is 9.98. The molecule has 1 aliphatic carbocycles. The fourth-order valence-electron chi connectivity index (χ4n) is 4.24. The van der Waals surface area contributed by atoms with E-state index in [9.17, 15) is 46.5 Å². The Bertz CT molecular complexity index is 1280. The first-order chi connectivity index (χ1) is 15.6. The SMILES string of the molecule is Cc1ccc(C2(c3nc4c(C(O)(C(F)(F)F)C(F)(F)F)cccc4c(C(=O)O)c3O)CC2)cc1. The number of carboxylic acids is 1. The first kappa shape index (κ1) is 23.8. The third-order valence-corrected chi connectivity index (χ3v) is 6.22. The van der Waals surface area contributed by atoms with Gasteiger partial charge in [-0.15, -0.1) is 0 Å². The van der Waals surface area contributed by atoms with E-state index >= 15 is 0 Å². The average molecular weight is 485 g/mol. The molecule has 0 atom stereocenters. The van der Waals surface area contributed by atoms with Gasteiger partial charge in [0, 0.05) is 16.4 Å². The summed E-state index contributed by atoms with van der Waals surface area (Å²) in [5, 5.41) is 29.9. The van der Waals surface area contributed by atoms with Crippen LogP contribution in [0.1, 0.15) is 45.6 Å². The van der Waals surface area contributed by atoms with Crippen LogP contribution in [-0.2, 0) is 11.0 Å². The molecule has 180 valence electrons. The Labute approximate surface area is 188 Å². The minimum atomic E-state index is -6.20. The zero-order valence-corrected chi connectivity index (χ0v) is 17.4. The Balaban J connectivity index is 2.12. The highest BCUT2D eigenvalue weighted by Gasteiger charge is 2.72. The van der Waals surface area contributed by atoms with Crippen molar-refractivity contribution in [2.75, 3.05) is 0 Å². The number of aliphatic hydroxyl groups is 1. The lowest BCUT2D eigenvalue weighted by Gasteiger charge is -2.33. The van der Waals surface area contributed by atoms with E-state index in [4.69, 9.17) is 0 Å². The van der Waals surface area contributed by atoms with Gasteiger partial charge in [0.25, 0.3) is 5.60 Å². The Morgan fingerprint density at radius 1 is 0.971 bits per heavy atom. The van der Waals surface area contributed by atoms with Crippen LogP contribution in [0.25, 0.3) is 10.9 Å². The highest BCUT2D eigenvalue weighted by Crippen LogP contribution is 2.57. The molecule has 0 spiro atoms. The van der Waals surface area contributed by atoms with E-state index < -0.39 is 57.1 Å². The van der Waals surface area contributed by atoms with Crippen LogP contribution in [-0.4, -0.2) is 38.6 Å². The number of aromatic nitrogens is 1. The number of pyridine rings is 1. The summed E-state index contributed by atoms with van der Waals surface area (Å²) in [6.07, 6.45) is -11.7. The van der Waals surface area contributed by atoms with E-state index in [1.54, 1.807) is 31.2 Å². The Morgan fingerprint density at radius 3 is 2.00 bits per heavy atom. The monoisotopic (exact) mass is 485 g/mol. The highest BCUT2D eigenvalue weighted by molar-refractivity contribution is 6.06. The number of aromatic carboxylic acids is 1. The summed E-state index contributed by atoms with van der Waals surface area (Å²) in [6.45, 7) is 1.80. The van der Waals surface area contributed by atoms with Crippen molar-refractivity contribution in [2.45, 2.75) is 43.1 Å². The number of aryl methyl sites for hydroxylation is 1. The van der Waals surface area contributed by atoms with E-state index in [1.165, 1.54) is 0 Å². The van der Waals surface area contributed by atoms with Crippen molar-refractivity contribution >= 4 is 16.9 Å². The van der Waals surface area contributed by atoms with Crippen molar-refractivity contribution in [2.24, 2.45) is 0 Å². The van der Waals surface area contributed by atoms with Gasteiger partial charge in [-0.05, 0) is 25.3 Å². The van der Waals surface area contributed by atoms with Crippen LogP contribution in [0.3, 0.4) is 0 Å². The Kier molecular flexibility index (Phi) is 5.13. The van der Waals surface area contributed by atoms with E-state index in [0.29, 0.717) is 24.5 Å². The van der Waals surface area contributed by atoms with Gasteiger partial charge >= 0.3 is 18.3 Å².